The lowest BCUT2D eigenvalue weighted by Gasteiger charge is -2.17. The van der Waals surface area contributed by atoms with Gasteiger partial charge in [-0.05, 0) is 24.6 Å². The zero-order valence-corrected chi connectivity index (χ0v) is 12.9. The lowest BCUT2D eigenvalue weighted by molar-refractivity contribution is 0.0736. The highest BCUT2D eigenvalue weighted by molar-refractivity contribution is 9.11. The molecule has 2 amide bonds. The van der Waals surface area contributed by atoms with Crippen molar-refractivity contribution < 1.29 is 9.59 Å². The van der Waals surface area contributed by atoms with Crippen molar-refractivity contribution in [3.05, 3.63) is 75.8 Å². The van der Waals surface area contributed by atoms with Gasteiger partial charge in [0.25, 0.3) is 11.8 Å². The van der Waals surface area contributed by atoms with Gasteiger partial charge in [0.15, 0.2) is 0 Å². The van der Waals surface area contributed by atoms with Crippen LogP contribution in [0.3, 0.4) is 0 Å². The number of halogens is 1. The predicted octanol–water partition coefficient (Wildman–Crippen LogP) is 3.98. The summed E-state index contributed by atoms with van der Waals surface area (Å²) in [6.45, 7) is 1.99. The van der Waals surface area contributed by atoms with Gasteiger partial charge in [-0.25, -0.2) is 4.90 Å². The number of benzene rings is 2. The molecule has 0 N–H and O–H groups in total. The summed E-state index contributed by atoms with van der Waals surface area (Å²) in [6.07, 6.45) is 0. The maximum Gasteiger partial charge on any atom is 0.266 e. The zero-order chi connectivity index (χ0) is 15.0. The second kappa shape index (κ2) is 5.30. The Morgan fingerprint density at radius 2 is 1.48 bits per heavy atom. The van der Waals surface area contributed by atoms with Crippen LogP contribution >= 0.6 is 15.9 Å². The summed E-state index contributed by atoms with van der Waals surface area (Å²) in [5.41, 5.74) is 3.37. The molecule has 0 aliphatic carbocycles. The van der Waals surface area contributed by atoms with Crippen LogP contribution in [0.1, 0.15) is 31.8 Å². The number of hydrogen-bond acceptors (Lipinski definition) is 2. The number of imide groups is 1. The van der Waals surface area contributed by atoms with E-state index in [4.69, 9.17) is 0 Å². The Bertz CT molecular complexity index is 728. The molecule has 3 rings (SSSR count). The monoisotopic (exact) mass is 341 g/mol. The van der Waals surface area contributed by atoms with Crippen LogP contribution in [0.15, 0.2) is 53.5 Å². The SMILES string of the molecule is Cc1ccc(/C(=C/Br)N2C(=O)c3ccccc3C2=O)cc1. The fraction of sp³-hybridized carbons (Fsp3) is 0.0588. The normalized spacial score (nSPS) is 14.6. The molecule has 0 aromatic heterocycles. The van der Waals surface area contributed by atoms with Gasteiger partial charge in [0.05, 0.1) is 16.8 Å². The molecular weight excluding hydrogens is 330 g/mol. The molecule has 2 aromatic rings. The molecule has 4 heteroatoms. The minimum absolute atomic E-state index is 0.290. The largest absolute Gasteiger partial charge is 0.268 e. The molecule has 21 heavy (non-hydrogen) atoms. The summed E-state index contributed by atoms with van der Waals surface area (Å²) in [4.78, 5) is 27.8. The molecule has 0 bridgehead atoms. The Hall–Kier alpha value is -2.20. The number of hydrogen-bond donors (Lipinski definition) is 0. The van der Waals surface area contributed by atoms with Crippen LogP contribution in [-0.4, -0.2) is 16.7 Å². The molecule has 0 radical (unpaired) electrons. The maximum atomic E-state index is 12.5. The van der Waals surface area contributed by atoms with Gasteiger partial charge < -0.3 is 0 Å². The molecule has 1 heterocycles. The van der Waals surface area contributed by atoms with Crippen molar-refractivity contribution in [3.63, 3.8) is 0 Å². The van der Waals surface area contributed by atoms with E-state index in [-0.39, 0.29) is 11.8 Å². The molecular formula is C17H12BrNO2. The van der Waals surface area contributed by atoms with E-state index < -0.39 is 0 Å². The second-order valence-electron chi connectivity index (χ2n) is 4.85. The van der Waals surface area contributed by atoms with Gasteiger partial charge >= 0.3 is 0 Å². The van der Waals surface area contributed by atoms with Crippen LogP contribution in [0.25, 0.3) is 5.70 Å². The molecule has 0 saturated carbocycles. The Morgan fingerprint density at radius 3 is 1.95 bits per heavy atom. The number of carbonyl (C=O) groups excluding carboxylic acids is 2. The van der Waals surface area contributed by atoms with Crippen molar-refractivity contribution in [3.8, 4) is 0 Å². The summed E-state index contributed by atoms with van der Waals surface area (Å²) >= 11 is 3.27. The lowest BCUT2D eigenvalue weighted by atomic mass is 10.1. The highest BCUT2D eigenvalue weighted by Gasteiger charge is 2.37. The number of carbonyl (C=O) groups is 2. The van der Waals surface area contributed by atoms with Gasteiger partial charge in [-0.2, -0.15) is 0 Å². The topological polar surface area (TPSA) is 37.4 Å². The van der Waals surface area contributed by atoms with E-state index in [0.29, 0.717) is 16.8 Å². The average molecular weight is 342 g/mol. The van der Waals surface area contributed by atoms with E-state index in [0.717, 1.165) is 11.1 Å². The number of aryl methyl sites for hydroxylation is 1. The van der Waals surface area contributed by atoms with Crippen LogP contribution in [0.4, 0.5) is 0 Å². The van der Waals surface area contributed by atoms with Gasteiger partial charge in [-0.1, -0.05) is 57.9 Å². The number of fused-ring (bicyclic) bond motifs is 1. The minimum atomic E-state index is -0.290. The number of amides is 2. The first-order valence-electron chi connectivity index (χ1n) is 6.48. The fourth-order valence-corrected chi connectivity index (χ4v) is 2.84. The quantitative estimate of drug-likeness (QED) is 0.774. The van der Waals surface area contributed by atoms with Gasteiger partial charge in [-0.15, -0.1) is 0 Å². The van der Waals surface area contributed by atoms with E-state index in [1.165, 1.54) is 4.90 Å². The number of nitrogens with zero attached hydrogens (tertiary/aromatic N) is 1. The van der Waals surface area contributed by atoms with Gasteiger partial charge in [0.2, 0.25) is 0 Å². The Morgan fingerprint density at radius 1 is 0.952 bits per heavy atom. The van der Waals surface area contributed by atoms with Crippen LogP contribution in [0.5, 0.6) is 0 Å². The first-order chi connectivity index (χ1) is 10.1. The van der Waals surface area contributed by atoms with Crippen molar-refractivity contribution in [1.82, 2.24) is 4.90 Å². The van der Waals surface area contributed by atoms with Crippen molar-refractivity contribution in [2.45, 2.75) is 6.92 Å². The number of rotatable bonds is 2. The van der Waals surface area contributed by atoms with Crippen molar-refractivity contribution in [2.75, 3.05) is 0 Å². The molecule has 104 valence electrons. The molecule has 0 fully saturated rings. The maximum absolute atomic E-state index is 12.5. The van der Waals surface area contributed by atoms with Crippen LogP contribution < -0.4 is 0 Å². The average Bonchev–Trinajstić information content (AvgIpc) is 2.76. The Balaban J connectivity index is 2.06. The van der Waals surface area contributed by atoms with Crippen molar-refractivity contribution in [2.24, 2.45) is 0 Å². The molecule has 0 unspecified atom stereocenters. The van der Waals surface area contributed by atoms with Crippen molar-refractivity contribution in [1.29, 1.82) is 0 Å². The fourth-order valence-electron chi connectivity index (χ4n) is 2.37. The summed E-state index contributed by atoms with van der Waals surface area (Å²) < 4.78 is 0. The van der Waals surface area contributed by atoms with Crippen LogP contribution in [0.2, 0.25) is 0 Å². The predicted molar refractivity (Wildman–Crippen MR) is 85.0 cm³/mol. The molecule has 0 saturated heterocycles. The summed E-state index contributed by atoms with van der Waals surface area (Å²) in [7, 11) is 0. The van der Waals surface area contributed by atoms with E-state index in [9.17, 15) is 9.59 Å². The highest BCUT2D eigenvalue weighted by Crippen LogP contribution is 2.31. The molecule has 1 aliphatic rings. The van der Waals surface area contributed by atoms with Gasteiger partial charge in [-0.3, -0.25) is 9.59 Å². The van der Waals surface area contributed by atoms with Crippen LogP contribution in [0, 0.1) is 6.92 Å². The summed E-state index contributed by atoms with van der Waals surface area (Å²) in [6, 6.07) is 14.6. The zero-order valence-electron chi connectivity index (χ0n) is 11.3. The van der Waals surface area contributed by atoms with E-state index in [1.807, 2.05) is 31.2 Å². The Kier molecular flexibility index (Phi) is 3.47. The molecule has 2 aromatic carbocycles. The third-order valence-corrected chi connectivity index (χ3v) is 3.92. The molecule has 0 atom stereocenters. The van der Waals surface area contributed by atoms with E-state index >= 15 is 0 Å². The molecule has 0 spiro atoms. The summed E-state index contributed by atoms with van der Waals surface area (Å²) in [5.74, 6) is -0.580. The summed E-state index contributed by atoms with van der Waals surface area (Å²) in [5, 5.41) is 0. The first kappa shape index (κ1) is 13.8. The Labute approximate surface area is 131 Å². The smallest absolute Gasteiger partial charge is 0.266 e. The first-order valence-corrected chi connectivity index (χ1v) is 7.40. The van der Waals surface area contributed by atoms with Crippen molar-refractivity contribution >= 4 is 33.4 Å². The third-order valence-electron chi connectivity index (χ3n) is 3.49. The standard InChI is InChI=1S/C17H12BrNO2/c1-11-6-8-12(9-7-11)15(10-18)19-16(20)13-4-2-3-5-14(13)17(19)21/h2-10H,1H3/b15-10-. The molecule has 1 aliphatic heterocycles. The second-order valence-corrected chi connectivity index (χ2v) is 5.31. The van der Waals surface area contributed by atoms with E-state index in [1.54, 1.807) is 29.3 Å². The minimum Gasteiger partial charge on any atom is -0.268 e. The van der Waals surface area contributed by atoms with Crippen LogP contribution in [-0.2, 0) is 0 Å². The van der Waals surface area contributed by atoms with E-state index in [2.05, 4.69) is 15.9 Å². The highest BCUT2D eigenvalue weighted by atomic mass is 79.9. The van der Waals surface area contributed by atoms with Gasteiger partial charge in [0.1, 0.15) is 0 Å². The third kappa shape index (κ3) is 2.21. The molecule has 3 nitrogen and oxygen atoms in total. The van der Waals surface area contributed by atoms with Gasteiger partial charge in [0, 0.05) is 4.99 Å². The lowest BCUT2D eigenvalue weighted by Crippen LogP contribution is -2.28.